The molecule has 1 aromatic carbocycles. The Labute approximate surface area is 73.4 Å². The van der Waals surface area contributed by atoms with Gasteiger partial charge in [-0.1, -0.05) is 31.5 Å². The van der Waals surface area contributed by atoms with E-state index in [1.165, 1.54) is 6.07 Å². The van der Waals surface area contributed by atoms with Gasteiger partial charge in [0.2, 0.25) is 0 Å². The smallest absolute Gasteiger partial charge is 0.126 e. The van der Waals surface area contributed by atoms with E-state index >= 15 is 0 Å². The van der Waals surface area contributed by atoms with E-state index in [1.807, 2.05) is 12.1 Å². The average Bonchev–Trinajstić information content (AvgIpc) is 2.05. The van der Waals surface area contributed by atoms with Crippen molar-refractivity contribution in [1.82, 2.24) is 0 Å². The third-order valence-electron chi connectivity index (χ3n) is 1.98. The Morgan fingerprint density at radius 3 is 2.67 bits per heavy atom. The van der Waals surface area contributed by atoms with E-state index < -0.39 is 0 Å². The topological polar surface area (TPSA) is 0 Å². The summed E-state index contributed by atoms with van der Waals surface area (Å²) in [6, 6.07) is 6.86. The van der Waals surface area contributed by atoms with Gasteiger partial charge in [0.1, 0.15) is 5.82 Å². The minimum Gasteiger partial charge on any atom is -0.207 e. The van der Waals surface area contributed by atoms with Crippen molar-refractivity contribution in [3.05, 3.63) is 42.6 Å². The molecule has 0 aliphatic heterocycles. The lowest BCUT2D eigenvalue weighted by molar-refractivity contribution is 0.586. The van der Waals surface area contributed by atoms with Gasteiger partial charge in [-0.25, -0.2) is 4.39 Å². The summed E-state index contributed by atoms with van der Waals surface area (Å²) in [6.07, 6.45) is 1.99. The van der Waals surface area contributed by atoms with Crippen LogP contribution in [0.1, 0.15) is 31.2 Å². The summed E-state index contributed by atoms with van der Waals surface area (Å²) in [5, 5.41) is 0. The fraction of sp³-hybridized carbons (Fsp3) is 0.364. The molecule has 0 spiro atoms. The number of benzene rings is 1. The molecule has 0 aliphatic carbocycles. The Hall–Kier alpha value is -0.850. The minimum absolute atomic E-state index is 0.0937. The zero-order valence-electron chi connectivity index (χ0n) is 7.39. The third kappa shape index (κ3) is 2.07. The quantitative estimate of drug-likeness (QED) is 0.642. The summed E-state index contributed by atoms with van der Waals surface area (Å²) in [4.78, 5) is 0. The van der Waals surface area contributed by atoms with Crippen molar-refractivity contribution >= 4 is 0 Å². The van der Waals surface area contributed by atoms with Crippen LogP contribution in [0.4, 0.5) is 4.39 Å². The first-order chi connectivity index (χ1) is 5.75. The van der Waals surface area contributed by atoms with E-state index in [0.717, 1.165) is 18.4 Å². The van der Waals surface area contributed by atoms with Gasteiger partial charge in [0, 0.05) is 0 Å². The van der Waals surface area contributed by atoms with Crippen LogP contribution in [0.2, 0.25) is 0 Å². The molecular weight excluding hydrogens is 151 g/mol. The standard InChI is InChI=1S/C11H14F/c1-3-6-9(2)10-7-4-5-8-11(10)12/h4-5,7-9H,2-3,6H2,1H3. The second-order valence-electron chi connectivity index (χ2n) is 3.01. The maximum atomic E-state index is 13.1. The normalized spacial score (nSPS) is 12.9. The minimum atomic E-state index is -0.133. The van der Waals surface area contributed by atoms with Gasteiger partial charge in [-0.05, 0) is 30.9 Å². The van der Waals surface area contributed by atoms with Crippen LogP contribution in [0.25, 0.3) is 0 Å². The summed E-state index contributed by atoms with van der Waals surface area (Å²) < 4.78 is 13.1. The first-order valence-electron chi connectivity index (χ1n) is 4.33. The molecule has 1 unspecified atom stereocenters. The molecule has 0 saturated carbocycles. The zero-order valence-corrected chi connectivity index (χ0v) is 7.39. The van der Waals surface area contributed by atoms with Gasteiger partial charge in [0.25, 0.3) is 0 Å². The van der Waals surface area contributed by atoms with Crippen molar-refractivity contribution in [2.75, 3.05) is 0 Å². The fourth-order valence-electron chi connectivity index (χ4n) is 1.31. The summed E-state index contributed by atoms with van der Waals surface area (Å²) in [5.41, 5.74) is 0.736. The lowest BCUT2D eigenvalue weighted by Crippen LogP contribution is -1.96. The predicted molar refractivity (Wildman–Crippen MR) is 49.4 cm³/mol. The first kappa shape index (κ1) is 9.24. The molecule has 0 amide bonds. The number of rotatable bonds is 3. The Bertz CT molecular complexity index is 243. The summed E-state index contributed by atoms with van der Waals surface area (Å²) in [6.45, 7) is 6.00. The van der Waals surface area contributed by atoms with Gasteiger partial charge < -0.3 is 0 Å². The highest BCUT2D eigenvalue weighted by atomic mass is 19.1. The van der Waals surface area contributed by atoms with Gasteiger partial charge >= 0.3 is 0 Å². The Morgan fingerprint density at radius 1 is 1.42 bits per heavy atom. The van der Waals surface area contributed by atoms with Gasteiger partial charge in [0.15, 0.2) is 0 Å². The van der Waals surface area contributed by atoms with Crippen molar-refractivity contribution in [3.63, 3.8) is 0 Å². The van der Waals surface area contributed by atoms with Crippen LogP contribution in [0.15, 0.2) is 24.3 Å². The van der Waals surface area contributed by atoms with Crippen molar-refractivity contribution in [2.45, 2.75) is 25.7 Å². The van der Waals surface area contributed by atoms with Crippen molar-refractivity contribution in [2.24, 2.45) is 0 Å². The second kappa shape index (κ2) is 4.24. The fourth-order valence-corrected chi connectivity index (χ4v) is 1.31. The van der Waals surface area contributed by atoms with Crippen LogP contribution in [-0.4, -0.2) is 0 Å². The Kier molecular flexibility index (Phi) is 3.27. The third-order valence-corrected chi connectivity index (χ3v) is 1.98. The monoisotopic (exact) mass is 165 g/mol. The highest BCUT2D eigenvalue weighted by Crippen LogP contribution is 2.22. The SMILES string of the molecule is [CH2]C(CCC)c1ccccc1F. The van der Waals surface area contributed by atoms with Gasteiger partial charge in [-0.2, -0.15) is 0 Å². The summed E-state index contributed by atoms with van der Waals surface area (Å²) >= 11 is 0. The van der Waals surface area contributed by atoms with Crippen LogP contribution in [0.3, 0.4) is 0 Å². The van der Waals surface area contributed by atoms with Crippen molar-refractivity contribution < 1.29 is 4.39 Å². The van der Waals surface area contributed by atoms with E-state index in [9.17, 15) is 4.39 Å². The molecule has 65 valence electrons. The molecule has 0 fully saturated rings. The molecule has 1 heteroatoms. The van der Waals surface area contributed by atoms with Crippen LogP contribution < -0.4 is 0 Å². The number of hydrogen-bond donors (Lipinski definition) is 0. The van der Waals surface area contributed by atoms with Crippen LogP contribution in [0.5, 0.6) is 0 Å². The Balaban J connectivity index is 2.79. The highest BCUT2D eigenvalue weighted by molar-refractivity contribution is 5.22. The lowest BCUT2D eigenvalue weighted by atomic mass is 9.96. The molecule has 0 saturated heterocycles. The number of halogens is 1. The molecule has 0 heterocycles. The van der Waals surface area contributed by atoms with Gasteiger partial charge in [-0.3, -0.25) is 0 Å². The maximum absolute atomic E-state index is 13.1. The molecule has 0 aliphatic rings. The second-order valence-corrected chi connectivity index (χ2v) is 3.01. The van der Waals surface area contributed by atoms with Crippen LogP contribution in [-0.2, 0) is 0 Å². The van der Waals surface area contributed by atoms with Crippen LogP contribution >= 0.6 is 0 Å². The molecule has 1 radical (unpaired) electrons. The lowest BCUT2D eigenvalue weighted by Gasteiger charge is -2.10. The first-order valence-corrected chi connectivity index (χ1v) is 4.33. The molecule has 0 bridgehead atoms. The molecule has 1 rings (SSSR count). The maximum Gasteiger partial charge on any atom is 0.126 e. The van der Waals surface area contributed by atoms with Gasteiger partial charge in [-0.15, -0.1) is 0 Å². The molecule has 12 heavy (non-hydrogen) atoms. The molecule has 0 aromatic heterocycles. The summed E-state index contributed by atoms with van der Waals surface area (Å²) in [7, 11) is 0. The molecule has 0 nitrogen and oxygen atoms in total. The molecule has 1 aromatic rings. The van der Waals surface area contributed by atoms with E-state index in [-0.39, 0.29) is 11.7 Å². The van der Waals surface area contributed by atoms with E-state index in [4.69, 9.17) is 0 Å². The van der Waals surface area contributed by atoms with E-state index in [0.29, 0.717) is 0 Å². The van der Waals surface area contributed by atoms with E-state index in [2.05, 4.69) is 13.8 Å². The highest BCUT2D eigenvalue weighted by Gasteiger charge is 2.08. The largest absolute Gasteiger partial charge is 0.207 e. The zero-order chi connectivity index (χ0) is 8.97. The molecule has 1 atom stereocenters. The number of hydrogen-bond acceptors (Lipinski definition) is 0. The average molecular weight is 165 g/mol. The molecular formula is C11H14F. The summed E-state index contributed by atoms with van der Waals surface area (Å²) in [5.74, 6) is -0.0397. The van der Waals surface area contributed by atoms with Crippen molar-refractivity contribution in [1.29, 1.82) is 0 Å². The van der Waals surface area contributed by atoms with E-state index in [1.54, 1.807) is 6.07 Å². The van der Waals surface area contributed by atoms with Crippen LogP contribution in [0, 0.1) is 12.7 Å². The predicted octanol–water partition coefficient (Wildman–Crippen LogP) is 3.54. The van der Waals surface area contributed by atoms with Crippen molar-refractivity contribution in [3.8, 4) is 0 Å². The van der Waals surface area contributed by atoms with Gasteiger partial charge in [0.05, 0.1) is 0 Å². The Morgan fingerprint density at radius 2 is 2.08 bits per heavy atom. The molecule has 0 N–H and O–H groups in total.